The second-order valence-electron chi connectivity index (χ2n) is 6.30. The maximum absolute atomic E-state index is 5.93. The zero-order chi connectivity index (χ0) is 18.5. The number of benzene rings is 1. The summed E-state index contributed by atoms with van der Waals surface area (Å²) in [6.07, 6.45) is 3.39. The van der Waals surface area contributed by atoms with E-state index in [-0.39, 0.29) is 0 Å². The molecule has 1 aromatic rings. The molecule has 6 nitrogen and oxygen atoms in total. The Balaban J connectivity index is 1.71. The lowest BCUT2D eigenvalue weighted by molar-refractivity contribution is 0.00990. The van der Waals surface area contributed by atoms with E-state index in [1.54, 1.807) is 7.11 Å². The molecule has 0 aliphatic carbocycles. The van der Waals surface area contributed by atoms with E-state index in [2.05, 4.69) is 17.1 Å². The quantitative estimate of drug-likeness (QED) is 0.393. The van der Waals surface area contributed by atoms with Gasteiger partial charge in [-0.05, 0) is 38.3 Å². The summed E-state index contributed by atoms with van der Waals surface area (Å²) in [6, 6.07) is 9.87. The minimum atomic E-state index is 0.354. The van der Waals surface area contributed by atoms with Crippen molar-refractivity contribution < 1.29 is 14.2 Å². The van der Waals surface area contributed by atoms with Gasteiger partial charge in [0, 0.05) is 40.0 Å². The van der Waals surface area contributed by atoms with Gasteiger partial charge in [-0.2, -0.15) is 0 Å². The van der Waals surface area contributed by atoms with Gasteiger partial charge in [0.25, 0.3) is 0 Å². The molecule has 0 saturated carbocycles. The molecule has 0 atom stereocenters. The van der Waals surface area contributed by atoms with Gasteiger partial charge in [0.2, 0.25) is 0 Å². The topological polar surface area (TPSA) is 55.3 Å². The van der Waals surface area contributed by atoms with Crippen LogP contribution in [0.15, 0.2) is 35.3 Å². The van der Waals surface area contributed by atoms with Crippen molar-refractivity contribution in [3.8, 4) is 5.75 Å². The molecular weight excluding hydrogens is 330 g/mol. The molecule has 0 aromatic heterocycles. The Labute approximate surface area is 157 Å². The monoisotopic (exact) mass is 363 g/mol. The van der Waals surface area contributed by atoms with Gasteiger partial charge in [0.15, 0.2) is 5.96 Å². The van der Waals surface area contributed by atoms with Crippen LogP contribution in [-0.2, 0) is 9.47 Å². The molecule has 0 spiro atoms. The highest BCUT2D eigenvalue weighted by Crippen LogP contribution is 2.14. The van der Waals surface area contributed by atoms with E-state index >= 15 is 0 Å². The molecule has 1 heterocycles. The first-order valence-electron chi connectivity index (χ1n) is 9.65. The summed E-state index contributed by atoms with van der Waals surface area (Å²) >= 11 is 0. The highest BCUT2D eigenvalue weighted by atomic mass is 16.5. The number of hydrogen-bond donors (Lipinski definition) is 1. The molecular formula is C20H33N3O3. The molecule has 26 heavy (non-hydrogen) atoms. The third-order valence-corrected chi connectivity index (χ3v) is 4.29. The summed E-state index contributed by atoms with van der Waals surface area (Å²) in [6.45, 7) is 7.68. The van der Waals surface area contributed by atoms with Crippen LogP contribution in [0, 0.1) is 0 Å². The van der Waals surface area contributed by atoms with E-state index in [4.69, 9.17) is 19.2 Å². The molecule has 1 N–H and O–H groups in total. The fraction of sp³-hybridized carbons (Fsp3) is 0.650. The van der Waals surface area contributed by atoms with Crippen LogP contribution >= 0.6 is 0 Å². The molecule has 1 aromatic carbocycles. The molecule has 0 unspecified atom stereocenters. The highest BCUT2D eigenvalue weighted by Gasteiger charge is 2.21. The van der Waals surface area contributed by atoms with Gasteiger partial charge in [0.1, 0.15) is 12.4 Å². The zero-order valence-electron chi connectivity index (χ0n) is 16.2. The first kappa shape index (κ1) is 20.5. The Bertz CT molecular complexity index is 502. The SMILES string of the molecule is CCNC(=NCCOc1ccccc1)N1CCC(OCCCOC)CC1. The number of likely N-dealkylation sites (tertiary alicyclic amines) is 1. The number of methoxy groups -OCH3 is 1. The average Bonchev–Trinajstić information content (AvgIpc) is 2.69. The van der Waals surface area contributed by atoms with Crippen molar-refractivity contribution >= 4 is 5.96 Å². The lowest BCUT2D eigenvalue weighted by atomic mass is 10.1. The first-order valence-corrected chi connectivity index (χ1v) is 9.65. The van der Waals surface area contributed by atoms with Crippen LogP contribution in [0.3, 0.4) is 0 Å². The van der Waals surface area contributed by atoms with Crippen LogP contribution in [0.4, 0.5) is 0 Å². The van der Waals surface area contributed by atoms with Crippen molar-refractivity contribution in [1.29, 1.82) is 0 Å². The molecule has 6 heteroatoms. The maximum atomic E-state index is 5.93. The van der Waals surface area contributed by atoms with E-state index in [0.717, 1.165) is 63.8 Å². The highest BCUT2D eigenvalue weighted by molar-refractivity contribution is 5.80. The minimum Gasteiger partial charge on any atom is -0.492 e. The number of nitrogens with zero attached hydrogens (tertiary/aromatic N) is 2. The third kappa shape index (κ3) is 7.62. The molecule has 0 amide bonds. The summed E-state index contributed by atoms with van der Waals surface area (Å²) in [5.41, 5.74) is 0. The van der Waals surface area contributed by atoms with Gasteiger partial charge in [-0.25, -0.2) is 4.99 Å². The van der Waals surface area contributed by atoms with Crippen LogP contribution in [0.5, 0.6) is 5.75 Å². The van der Waals surface area contributed by atoms with Crippen LogP contribution in [0.2, 0.25) is 0 Å². The number of rotatable bonds is 10. The van der Waals surface area contributed by atoms with Gasteiger partial charge in [0.05, 0.1) is 12.6 Å². The largest absolute Gasteiger partial charge is 0.492 e. The first-order chi connectivity index (χ1) is 12.8. The van der Waals surface area contributed by atoms with Gasteiger partial charge in [-0.1, -0.05) is 18.2 Å². The Morgan fingerprint density at radius 2 is 1.92 bits per heavy atom. The van der Waals surface area contributed by atoms with Crippen molar-refractivity contribution in [3.05, 3.63) is 30.3 Å². The van der Waals surface area contributed by atoms with Crippen LogP contribution in [0.25, 0.3) is 0 Å². The number of hydrogen-bond acceptors (Lipinski definition) is 4. The minimum absolute atomic E-state index is 0.354. The molecule has 1 aliphatic heterocycles. The molecule has 0 bridgehead atoms. The fourth-order valence-corrected chi connectivity index (χ4v) is 2.95. The van der Waals surface area contributed by atoms with Crippen molar-refractivity contribution in [3.63, 3.8) is 0 Å². The predicted octanol–water partition coefficient (Wildman–Crippen LogP) is 2.55. The van der Waals surface area contributed by atoms with Crippen molar-refractivity contribution in [2.45, 2.75) is 32.3 Å². The van der Waals surface area contributed by atoms with E-state index in [1.165, 1.54) is 0 Å². The number of piperidine rings is 1. The number of guanidine groups is 1. The maximum Gasteiger partial charge on any atom is 0.194 e. The Hall–Kier alpha value is -1.79. The van der Waals surface area contributed by atoms with Crippen molar-refractivity contribution in [1.82, 2.24) is 10.2 Å². The van der Waals surface area contributed by atoms with E-state index in [1.807, 2.05) is 30.3 Å². The van der Waals surface area contributed by atoms with E-state index < -0.39 is 0 Å². The predicted molar refractivity (Wildman–Crippen MR) is 105 cm³/mol. The average molecular weight is 364 g/mol. The molecule has 2 rings (SSSR count). The summed E-state index contributed by atoms with van der Waals surface area (Å²) < 4.78 is 16.7. The third-order valence-electron chi connectivity index (χ3n) is 4.29. The van der Waals surface area contributed by atoms with Gasteiger partial charge >= 0.3 is 0 Å². The van der Waals surface area contributed by atoms with Crippen LogP contribution in [-0.4, -0.2) is 70.1 Å². The number of para-hydroxylation sites is 1. The molecule has 146 valence electrons. The van der Waals surface area contributed by atoms with Gasteiger partial charge in [-0.15, -0.1) is 0 Å². The Morgan fingerprint density at radius 3 is 2.62 bits per heavy atom. The summed E-state index contributed by atoms with van der Waals surface area (Å²) in [7, 11) is 1.73. The van der Waals surface area contributed by atoms with Crippen LogP contribution < -0.4 is 10.1 Å². The summed E-state index contributed by atoms with van der Waals surface area (Å²) in [5, 5.41) is 3.39. The van der Waals surface area contributed by atoms with Crippen molar-refractivity contribution in [2.75, 3.05) is 53.1 Å². The fourth-order valence-electron chi connectivity index (χ4n) is 2.95. The zero-order valence-corrected chi connectivity index (χ0v) is 16.2. The number of nitrogens with one attached hydrogen (secondary N) is 1. The van der Waals surface area contributed by atoms with Crippen molar-refractivity contribution in [2.24, 2.45) is 4.99 Å². The molecule has 0 radical (unpaired) electrons. The molecule has 1 aliphatic rings. The Kier molecular flexibility index (Phi) is 9.90. The normalized spacial score (nSPS) is 15.9. The number of aliphatic imine (C=N–C) groups is 1. The second-order valence-corrected chi connectivity index (χ2v) is 6.30. The standard InChI is InChI=1S/C20H33N3O3/c1-3-21-20(22-12-17-26-18-8-5-4-6-9-18)23-13-10-19(11-14-23)25-16-7-15-24-2/h4-6,8-9,19H,3,7,10-17H2,1-2H3,(H,21,22). The Morgan fingerprint density at radius 1 is 1.15 bits per heavy atom. The van der Waals surface area contributed by atoms with E-state index in [0.29, 0.717) is 19.3 Å². The summed E-state index contributed by atoms with van der Waals surface area (Å²) in [4.78, 5) is 7.03. The smallest absolute Gasteiger partial charge is 0.194 e. The van der Waals surface area contributed by atoms with Crippen LogP contribution in [0.1, 0.15) is 26.2 Å². The lowest BCUT2D eigenvalue weighted by Gasteiger charge is -2.34. The molecule has 1 saturated heterocycles. The summed E-state index contributed by atoms with van der Waals surface area (Å²) in [5.74, 6) is 1.86. The lowest BCUT2D eigenvalue weighted by Crippen LogP contribution is -2.47. The number of ether oxygens (including phenoxy) is 3. The second kappa shape index (κ2) is 12.5. The van der Waals surface area contributed by atoms with Gasteiger partial charge < -0.3 is 24.4 Å². The molecule has 1 fully saturated rings. The van der Waals surface area contributed by atoms with E-state index in [9.17, 15) is 0 Å². The van der Waals surface area contributed by atoms with Gasteiger partial charge in [-0.3, -0.25) is 0 Å².